The van der Waals surface area contributed by atoms with E-state index in [1.165, 1.54) is 0 Å². The van der Waals surface area contributed by atoms with E-state index in [9.17, 15) is 0 Å². The van der Waals surface area contributed by atoms with Crippen molar-refractivity contribution in [3.05, 3.63) is 0 Å². The minimum atomic E-state index is -5.85. The molecule has 0 heterocycles. The molecule has 0 saturated carbocycles. The van der Waals surface area contributed by atoms with Gasteiger partial charge in [0.1, 0.15) is 0 Å². The van der Waals surface area contributed by atoms with E-state index in [0.29, 0.717) is 0 Å². The van der Waals surface area contributed by atoms with E-state index >= 15 is 0 Å². The van der Waals surface area contributed by atoms with E-state index < -0.39 is 20.1 Å². The Labute approximate surface area is 101 Å². The average molecular weight is 233 g/mol. The first kappa shape index (κ1) is 16.4. The molecule has 0 aliphatic heterocycles. The van der Waals surface area contributed by atoms with Crippen LogP contribution in [0.5, 0.6) is 0 Å². The maximum absolute atomic E-state index is 8.75. The van der Waals surface area contributed by atoms with Gasteiger partial charge in [0.05, 0.1) is 0 Å². The van der Waals surface area contributed by atoms with Crippen LogP contribution in [0.25, 0.3) is 0 Å². The van der Waals surface area contributed by atoms with Crippen LogP contribution in [0.4, 0.5) is 0 Å². The standard InChI is InChI=1S/K.Li.H2O.3O.Sb/h;;1H2;;;;/q2*+1;;;2*-1;+1/p-1. The summed E-state index contributed by atoms with van der Waals surface area (Å²) in [7, 11) is 0. The van der Waals surface area contributed by atoms with E-state index in [1.807, 2.05) is 0 Å². The molecule has 0 atom stereocenters. The van der Waals surface area contributed by atoms with Crippen molar-refractivity contribution in [2.24, 2.45) is 0 Å². The zero-order valence-electron chi connectivity index (χ0n) is 4.12. The summed E-state index contributed by atoms with van der Waals surface area (Å²) in [5.74, 6) is 0. The van der Waals surface area contributed by atoms with Gasteiger partial charge in [-0.2, -0.15) is 0 Å². The molecular weight excluding hydrogens is 232 g/mol. The summed E-state index contributed by atoms with van der Waals surface area (Å²) < 4.78 is 33.3. The van der Waals surface area contributed by atoms with Gasteiger partial charge in [-0.15, -0.1) is 0 Å². The van der Waals surface area contributed by atoms with Gasteiger partial charge >= 0.3 is 103 Å². The van der Waals surface area contributed by atoms with Gasteiger partial charge in [-0.05, 0) is 0 Å². The van der Waals surface area contributed by atoms with Crippen LogP contribution in [0.1, 0.15) is 0 Å². The summed E-state index contributed by atoms with van der Waals surface area (Å²) in [6.07, 6.45) is 0. The van der Waals surface area contributed by atoms with Gasteiger partial charge in [0, 0.05) is 0 Å². The Kier molecular flexibility index (Phi) is 16.0. The van der Waals surface area contributed by atoms with E-state index in [0.717, 1.165) is 0 Å². The molecule has 7 heteroatoms. The summed E-state index contributed by atoms with van der Waals surface area (Å²) in [5.41, 5.74) is 0. The Morgan fingerprint density at radius 1 is 1.43 bits per heavy atom. The fourth-order valence-electron chi connectivity index (χ4n) is 0. The molecule has 0 bridgehead atoms. The van der Waals surface area contributed by atoms with E-state index in [1.54, 1.807) is 0 Å². The quantitative estimate of drug-likeness (QED) is 0.421. The Hall–Kier alpha value is 2.73. The molecule has 4 nitrogen and oxygen atoms in total. The van der Waals surface area contributed by atoms with E-state index in [-0.39, 0.29) is 70.2 Å². The summed E-state index contributed by atoms with van der Waals surface area (Å²) in [6, 6.07) is 0. The second-order valence-electron chi connectivity index (χ2n) is 0.469. The number of hydrogen-bond acceptors (Lipinski definition) is 3. The number of hydrogen-bond donors (Lipinski definition) is 1. The van der Waals surface area contributed by atoms with Crippen molar-refractivity contribution in [1.29, 1.82) is 0 Å². The zero-order chi connectivity index (χ0) is 4.50. The maximum atomic E-state index is 8.75. The zero-order valence-corrected chi connectivity index (χ0v) is 9.80. The topological polar surface area (TPSA) is 83.4 Å². The molecule has 7 heavy (non-hydrogen) atoms. The van der Waals surface area contributed by atoms with Crippen molar-refractivity contribution in [1.82, 2.24) is 0 Å². The van der Waals surface area contributed by atoms with E-state index in [4.69, 9.17) is 13.2 Å². The molecule has 0 fully saturated rings. The Morgan fingerprint density at radius 3 is 1.43 bits per heavy atom. The molecule has 0 aliphatic rings. The minimum absolute atomic E-state index is 0. The molecule has 32 valence electrons. The first-order chi connectivity index (χ1) is 2.00. The third-order valence-electron chi connectivity index (χ3n) is 0. The first-order valence-corrected chi connectivity index (χ1v) is 5.02. The average Bonchev–Trinajstić information content (AvgIpc) is 0.722. The van der Waals surface area contributed by atoms with Crippen LogP contribution < -0.4 is 77.0 Å². The summed E-state index contributed by atoms with van der Waals surface area (Å²) in [4.78, 5) is 0. The summed E-state index contributed by atoms with van der Waals surface area (Å²) >= 11 is -5.85. The molecular formula is HKLiO4Sb. The predicted octanol–water partition coefficient (Wildman–Crippen LogP) is -9.43. The van der Waals surface area contributed by atoms with Crippen LogP contribution in [0.3, 0.4) is 0 Å². The second kappa shape index (κ2) is 6.85. The van der Waals surface area contributed by atoms with Gasteiger partial charge in [0.15, 0.2) is 0 Å². The third-order valence-corrected chi connectivity index (χ3v) is 0. The van der Waals surface area contributed by atoms with Crippen LogP contribution >= 0.6 is 0 Å². The fraction of sp³-hybridized carbons (Fsp3) is 0. The molecule has 0 aromatic heterocycles. The fourth-order valence-corrected chi connectivity index (χ4v) is 0. The first-order valence-electron chi connectivity index (χ1n) is 0.748. The van der Waals surface area contributed by atoms with Crippen LogP contribution in [-0.4, -0.2) is 23.4 Å². The van der Waals surface area contributed by atoms with Gasteiger partial charge in [-0.25, -0.2) is 0 Å². The van der Waals surface area contributed by atoms with Gasteiger partial charge in [-0.1, -0.05) is 0 Å². The third kappa shape index (κ3) is 53.0. The molecule has 0 amide bonds. The van der Waals surface area contributed by atoms with Crippen molar-refractivity contribution >= 4 is 20.1 Å². The van der Waals surface area contributed by atoms with Gasteiger partial charge in [-0.3, -0.25) is 0 Å². The Balaban J connectivity index is -0.0000000800. The van der Waals surface area contributed by atoms with Gasteiger partial charge in [0.25, 0.3) is 0 Å². The molecule has 0 aliphatic carbocycles. The predicted molar refractivity (Wildman–Crippen MR) is 8.66 cm³/mol. The van der Waals surface area contributed by atoms with Crippen molar-refractivity contribution in [3.8, 4) is 0 Å². The number of rotatable bonds is 0. The molecule has 0 radical (unpaired) electrons. The monoisotopic (exact) mass is 232 g/mol. The van der Waals surface area contributed by atoms with Crippen LogP contribution in [-0.2, 0) is 3.02 Å². The van der Waals surface area contributed by atoms with E-state index in [2.05, 4.69) is 0 Å². The Bertz CT molecular complexity index is 57.8. The molecule has 0 rings (SSSR count). The molecule has 0 spiro atoms. The van der Waals surface area contributed by atoms with Crippen LogP contribution in [0.2, 0.25) is 0 Å². The molecule has 1 N–H and O–H groups in total. The molecule has 0 aromatic rings. The van der Waals surface area contributed by atoms with Crippen molar-refractivity contribution in [2.45, 2.75) is 0 Å². The van der Waals surface area contributed by atoms with Crippen LogP contribution in [0, 0.1) is 0 Å². The Morgan fingerprint density at radius 2 is 1.43 bits per heavy atom. The summed E-state index contributed by atoms with van der Waals surface area (Å²) in [5, 5.41) is 0. The van der Waals surface area contributed by atoms with Crippen molar-refractivity contribution < 1.29 is 83.4 Å². The van der Waals surface area contributed by atoms with Crippen molar-refractivity contribution in [3.63, 3.8) is 0 Å². The van der Waals surface area contributed by atoms with Crippen molar-refractivity contribution in [2.75, 3.05) is 0 Å². The summed E-state index contributed by atoms with van der Waals surface area (Å²) in [6.45, 7) is 0. The van der Waals surface area contributed by atoms with Crippen LogP contribution in [0.15, 0.2) is 0 Å². The van der Waals surface area contributed by atoms with Gasteiger partial charge in [0.2, 0.25) is 0 Å². The SMILES string of the molecule is [K+].[Li+].[O]=[Sb]([O-])([O-])[OH]. The molecule has 0 unspecified atom stereocenters. The second-order valence-corrected chi connectivity index (χ2v) is 3.14. The molecule has 0 aromatic carbocycles. The normalized spacial score (nSPS) is 8.43. The van der Waals surface area contributed by atoms with Gasteiger partial charge < -0.3 is 0 Å². The molecule has 0 saturated heterocycles.